The summed E-state index contributed by atoms with van der Waals surface area (Å²) in [6.45, 7) is 2.08. The maximum Gasteiger partial charge on any atom is 0.225 e. The van der Waals surface area contributed by atoms with Crippen LogP contribution in [0.15, 0.2) is 18.2 Å². The van der Waals surface area contributed by atoms with Crippen LogP contribution in [0, 0.1) is 6.92 Å². The molecule has 1 aliphatic carbocycles. The van der Waals surface area contributed by atoms with Crippen LogP contribution in [0.3, 0.4) is 0 Å². The molecular weight excluding hydrogens is 222 g/mol. The van der Waals surface area contributed by atoms with E-state index < -0.39 is 10.3 Å². The minimum Gasteiger partial charge on any atom is -0.267 e. The number of likely N-dealkylation sites (N-methyl/N-ethyl adjacent to an activating group) is 1. The molecule has 3 nitrogen and oxygen atoms in total. The standard InChI is InChI=1S/C12H15NO2S/c1-9-3-4-10-6-12(7-11(10)5-9)13(2)8-16(14)15/h3-5,8,12H,6-7H2,1-2H3. The van der Waals surface area contributed by atoms with Crippen molar-refractivity contribution < 1.29 is 8.42 Å². The third-order valence-electron chi connectivity index (χ3n) is 3.10. The molecule has 1 unspecified atom stereocenters. The smallest absolute Gasteiger partial charge is 0.225 e. The number of benzene rings is 1. The molecule has 4 heteroatoms. The van der Waals surface area contributed by atoms with Crippen molar-refractivity contribution in [2.24, 2.45) is 0 Å². The Morgan fingerprint density at radius 3 is 2.69 bits per heavy atom. The second-order valence-corrected chi connectivity index (χ2v) is 5.10. The second-order valence-electron chi connectivity index (χ2n) is 4.37. The summed E-state index contributed by atoms with van der Waals surface area (Å²) in [6, 6.07) is 6.72. The number of fused-ring (bicyclic) bond motifs is 1. The minimum absolute atomic E-state index is 0.273. The monoisotopic (exact) mass is 237 g/mol. The molecule has 0 amide bonds. The van der Waals surface area contributed by atoms with E-state index in [1.165, 1.54) is 22.2 Å². The van der Waals surface area contributed by atoms with Crippen LogP contribution in [-0.4, -0.2) is 31.9 Å². The first-order valence-electron chi connectivity index (χ1n) is 5.29. The Bertz CT molecular complexity index is 526. The fourth-order valence-corrected chi connectivity index (χ4v) is 2.68. The number of hydrogen-bond acceptors (Lipinski definition) is 2. The summed E-state index contributed by atoms with van der Waals surface area (Å²) in [6.07, 6.45) is 1.86. The average molecular weight is 237 g/mol. The van der Waals surface area contributed by atoms with Crippen LogP contribution >= 0.6 is 0 Å². The summed E-state index contributed by atoms with van der Waals surface area (Å²) in [5.74, 6) is 0. The first-order chi connectivity index (χ1) is 7.56. The topological polar surface area (TPSA) is 37.4 Å². The quantitative estimate of drug-likeness (QED) is 0.721. The molecule has 1 aromatic rings. The van der Waals surface area contributed by atoms with Crippen LogP contribution in [0.25, 0.3) is 0 Å². The number of nitrogens with zero attached hydrogens (tertiary/aromatic N) is 1. The molecule has 0 N–H and O–H groups in total. The van der Waals surface area contributed by atoms with E-state index in [1.54, 1.807) is 4.90 Å². The van der Waals surface area contributed by atoms with Crippen molar-refractivity contribution in [3.63, 3.8) is 0 Å². The van der Waals surface area contributed by atoms with Gasteiger partial charge in [-0.2, -0.15) is 8.42 Å². The molecule has 0 aromatic heterocycles. The van der Waals surface area contributed by atoms with Crippen molar-refractivity contribution in [2.45, 2.75) is 25.8 Å². The third kappa shape index (κ3) is 2.33. The fourth-order valence-electron chi connectivity index (χ4n) is 2.23. The summed E-state index contributed by atoms with van der Waals surface area (Å²) in [5, 5.41) is 0. The summed E-state index contributed by atoms with van der Waals surface area (Å²) < 4.78 is 21.2. The first kappa shape index (κ1) is 11.4. The summed E-state index contributed by atoms with van der Waals surface area (Å²) in [4.78, 5) is 1.79. The molecule has 0 fully saturated rings. The molecule has 1 aromatic carbocycles. The van der Waals surface area contributed by atoms with Gasteiger partial charge in [0.15, 0.2) is 0 Å². The van der Waals surface area contributed by atoms with Crippen LogP contribution in [-0.2, 0) is 23.1 Å². The normalized spacial score (nSPS) is 18.6. The lowest BCUT2D eigenvalue weighted by molar-refractivity contribution is 0.392. The largest absolute Gasteiger partial charge is 0.267 e. The zero-order valence-corrected chi connectivity index (χ0v) is 10.3. The minimum atomic E-state index is -2.11. The Hall–Kier alpha value is -1.13. The van der Waals surface area contributed by atoms with Gasteiger partial charge in [-0.3, -0.25) is 4.90 Å². The van der Waals surface area contributed by atoms with Crippen molar-refractivity contribution in [1.82, 2.24) is 4.90 Å². The van der Waals surface area contributed by atoms with Gasteiger partial charge >= 0.3 is 0 Å². The molecule has 16 heavy (non-hydrogen) atoms. The van der Waals surface area contributed by atoms with Gasteiger partial charge in [-0.1, -0.05) is 23.8 Å². The van der Waals surface area contributed by atoms with Crippen LogP contribution in [0.4, 0.5) is 0 Å². The van der Waals surface area contributed by atoms with Gasteiger partial charge in [0.1, 0.15) is 5.49 Å². The van der Waals surface area contributed by atoms with E-state index >= 15 is 0 Å². The number of hydrogen-bond donors (Lipinski definition) is 0. The van der Waals surface area contributed by atoms with Gasteiger partial charge in [-0.15, -0.1) is 0 Å². The maximum atomic E-state index is 10.6. The molecular formula is C12H15NO2S. The van der Waals surface area contributed by atoms with Crippen LogP contribution in [0.2, 0.25) is 0 Å². The Balaban J connectivity index is 2.20. The first-order valence-corrected chi connectivity index (χ1v) is 6.43. The number of aryl methyl sites for hydroxylation is 1. The molecule has 0 aliphatic heterocycles. The Morgan fingerprint density at radius 2 is 2.00 bits per heavy atom. The molecule has 1 aliphatic rings. The van der Waals surface area contributed by atoms with Gasteiger partial charge in [-0.05, 0) is 37.9 Å². The van der Waals surface area contributed by atoms with E-state index in [9.17, 15) is 8.42 Å². The molecule has 0 saturated carbocycles. The summed E-state index contributed by atoms with van der Waals surface area (Å²) >= 11 is 0. The van der Waals surface area contributed by atoms with Crippen molar-refractivity contribution in [1.29, 1.82) is 0 Å². The van der Waals surface area contributed by atoms with Crippen molar-refractivity contribution in [3.8, 4) is 0 Å². The molecule has 2 rings (SSSR count). The SMILES string of the molecule is Cc1ccc2c(c1)CC(N(C)C=S(=O)=O)C2. The van der Waals surface area contributed by atoms with Crippen LogP contribution in [0.5, 0.6) is 0 Å². The van der Waals surface area contributed by atoms with Crippen molar-refractivity contribution in [2.75, 3.05) is 7.05 Å². The van der Waals surface area contributed by atoms with Crippen molar-refractivity contribution >= 4 is 15.8 Å². The average Bonchev–Trinajstić information content (AvgIpc) is 2.59. The lowest BCUT2D eigenvalue weighted by atomic mass is 10.1. The summed E-state index contributed by atoms with van der Waals surface area (Å²) in [7, 11) is -0.292. The van der Waals surface area contributed by atoms with Gasteiger partial charge in [0, 0.05) is 6.04 Å². The maximum absolute atomic E-state index is 10.6. The third-order valence-corrected chi connectivity index (χ3v) is 3.61. The van der Waals surface area contributed by atoms with Gasteiger partial charge in [0.2, 0.25) is 10.3 Å². The molecule has 1 atom stereocenters. The lowest BCUT2D eigenvalue weighted by Gasteiger charge is -2.17. The van der Waals surface area contributed by atoms with E-state index in [0.717, 1.165) is 12.8 Å². The van der Waals surface area contributed by atoms with E-state index in [-0.39, 0.29) is 6.04 Å². The Kier molecular flexibility index (Phi) is 3.12. The Morgan fingerprint density at radius 1 is 1.31 bits per heavy atom. The fraction of sp³-hybridized carbons (Fsp3) is 0.417. The highest BCUT2D eigenvalue weighted by atomic mass is 32.2. The van der Waals surface area contributed by atoms with Gasteiger partial charge in [0.05, 0.1) is 0 Å². The highest BCUT2D eigenvalue weighted by Crippen LogP contribution is 2.25. The molecule has 0 saturated heterocycles. The van der Waals surface area contributed by atoms with E-state index in [0.29, 0.717) is 0 Å². The summed E-state index contributed by atoms with van der Waals surface area (Å²) in [5.41, 5.74) is 5.21. The molecule has 0 spiro atoms. The molecule has 86 valence electrons. The molecule has 0 heterocycles. The van der Waals surface area contributed by atoms with Gasteiger partial charge in [0.25, 0.3) is 0 Å². The molecule has 0 bridgehead atoms. The highest BCUT2D eigenvalue weighted by Gasteiger charge is 2.23. The van der Waals surface area contributed by atoms with Gasteiger partial charge in [-0.25, -0.2) is 0 Å². The lowest BCUT2D eigenvalue weighted by Crippen LogP contribution is -2.31. The Labute approximate surface area is 97.2 Å². The van der Waals surface area contributed by atoms with E-state index in [4.69, 9.17) is 0 Å². The van der Waals surface area contributed by atoms with E-state index in [2.05, 4.69) is 25.1 Å². The number of rotatable bonds is 2. The zero-order chi connectivity index (χ0) is 11.7. The zero-order valence-electron chi connectivity index (χ0n) is 9.47. The van der Waals surface area contributed by atoms with Crippen LogP contribution in [0.1, 0.15) is 16.7 Å². The second kappa shape index (κ2) is 4.39. The van der Waals surface area contributed by atoms with E-state index in [1.807, 2.05) is 7.05 Å². The van der Waals surface area contributed by atoms with Gasteiger partial charge < -0.3 is 0 Å². The highest BCUT2D eigenvalue weighted by molar-refractivity contribution is 7.71. The predicted molar refractivity (Wildman–Crippen MR) is 65.1 cm³/mol. The van der Waals surface area contributed by atoms with Crippen molar-refractivity contribution in [3.05, 3.63) is 34.9 Å². The predicted octanol–water partition coefficient (Wildman–Crippen LogP) is 1.03. The molecule has 0 radical (unpaired) electrons. The van der Waals surface area contributed by atoms with Crippen LogP contribution < -0.4 is 0 Å².